The Morgan fingerprint density at radius 2 is 1.12 bits per heavy atom. The van der Waals surface area contributed by atoms with Crippen molar-refractivity contribution in [1.82, 2.24) is 0 Å². The van der Waals surface area contributed by atoms with Crippen LogP contribution in [0.4, 0.5) is 0 Å². The van der Waals surface area contributed by atoms with Crippen LogP contribution >= 0.6 is 0 Å². The van der Waals surface area contributed by atoms with Gasteiger partial charge in [0.05, 0.1) is 6.61 Å². The van der Waals surface area contributed by atoms with E-state index >= 15 is 0 Å². The number of carbonyl (C=O) groups excluding carboxylic acids is 1. The lowest BCUT2D eigenvalue weighted by Gasteiger charge is -2.06. The summed E-state index contributed by atoms with van der Waals surface area (Å²) in [6.45, 7) is 7.50. The molecule has 0 unspecified atom stereocenters. The summed E-state index contributed by atoms with van der Waals surface area (Å²) in [7, 11) is 0. The van der Waals surface area contributed by atoms with E-state index in [2.05, 4.69) is 20.8 Å². The maximum atomic E-state index is 11.7. The second-order valence-corrected chi connectivity index (χ2v) is 8.46. The highest BCUT2D eigenvalue weighted by Crippen LogP contribution is 2.13. The molecular formula is C24H48O2. The highest BCUT2D eigenvalue weighted by atomic mass is 16.5. The van der Waals surface area contributed by atoms with Gasteiger partial charge < -0.3 is 4.74 Å². The van der Waals surface area contributed by atoms with Gasteiger partial charge in [-0.05, 0) is 18.8 Å². The predicted octanol–water partition coefficient (Wildman–Crippen LogP) is 8.23. The average molecular weight is 369 g/mol. The summed E-state index contributed by atoms with van der Waals surface area (Å²) in [4.78, 5) is 11.7. The molecule has 0 aliphatic rings. The summed E-state index contributed by atoms with van der Waals surface area (Å²) in [5, 5.41) is 0. The van der Waals surface area contributed by atoms with Crippen molar-refractivity contribution in [2.24, 2.45) is 5.92 Å². The zero-order chi connectivity index (χ0) is 19.3. The lowest BCUT2D eigenvalue weighted by molar-refractivity contribution is -0.143. The van der Waals surface area contributed by atoms with Crippen molar-refractivity contribution in [3.8, 4) is 0 Å². The highest BCUT2D eigenvalue weighted by Gasteiger charge is 2.02. The Balaban J connectivity index is 3.15. The fraction of sp³-hybridized carbons (Fsp3) is 0.958. The number of unbranched alkanes of at least 4 members (excludes halogenated alkanes) is 14. The van der Waals surface area contributed by atoms with Crippen molar-refractivity contribution in [3.05, 3.63) is 0 Å². The second kappa shape index (κ2) is 20.8. The monoisotopic (exact) mass is 368 g/mol. The minimum atomic E-state index is 0.0149. The van der Waals surface area contributed by atoms with Crippen LogP contribution < -0.4 is 0 Å². The SMILES string of the molecule is CCCCCCCCCOC(=O)CCCCCCCCCCCC(C)C. The first kappa shape index (κ1) is 25.5. The topological polar surface area (TPSA) is 26.3 Å². The number of ether oxygens (including phenoxy) is 1. The summed E-state index contributed by atoms with van der Waals surface area (Å²) in [5.41, 5.74) is 0. The van der Waals surface area contributed by atoms with Gasteiger partial charge in [0.15, 0.2) is 0 Å². The lowest BCUT2D eigenvalue weighted by Crippen LogP contribution is -2.05. The van der Waals surface area contributed by atoms with E-state index in [0.29, 0.717) is 13.0 Å². The number of esters is 1. The minimum absolute atomic E-state index is 0.0149. The van der Waals surface area contributed by atoms with Gasteiger partial charge in [-0.25, -0.2) is 0 Å². The summed E-state index contributed by atoms with van der Waals surface area (Å²) >= 11 is 0. The Bertz CT molecular complexity index is 286. The van der Waals surface area contributed by atoms with Crippen LogP contribution in [0.2, 0.25) is 0 Å². The highest BCUT2D eigenvalue weighted by molar-refractivity contribution is 5.69. The maximum Gasteiger partial charge on any atom is 0.305 e. The Morgan fingerprint density at radius 3 is 1.65 bits per heavy atom. The van der Waals surface area contributed by atoms with E-state index < -0.39 is 0 Å². The van der Waals surface area contributed by atoms with E-state index in [-0.39, 0.29) is 5.97 Å². The molecule has 0 amide bonds. The molecule has 0 saturated heterocycles. The van der Waals surface area contributed by atoms with Crippen molar-refractivity contribution in [1.29, 1.82) is 0 Å². The number of hydrogen-bond donors (Lipinski definition) is 0. The largest absolute Gasteiger partial charge is 0.466 e. The second-order valence-electron chi connectivity index (χ2n) is 8.46. The molecule has 0 spiro atoms. The summed E-state index contributed by atoms with van der Waals surface area (Å²) in [6.07, 6.45) is 22.6. The third-order valence-corrected chi connectivity index (χ3v) is 5.17. The molecule has 0 fully saturated rings. The van der Waals surface area contributed by atoms with Gasteiger partial charge in [-0.3, -0.25) is 4.79 Å². The molecule has 0 radical (unpaired) electrons. The molecule has 0 rings (SSSR count). The van der Waals surface area contributed by atoms with Gasteiger partial charge in [-0.1, -0.05) is 117 Å². The molecule has 0 N–H and O–H groups in total. The molecule has 0 aliphatic carbocycles. The summed E-state index contributed by atoms with van der Waals surface area (Å²) in [5.74, 6) is 0.873. The lowest BCUT2D eigenvalue weighted by atomic mass is 10.0. The van der Waals surface area contributed by atoms with Gasteiger partial charge in [-0.2, -0.15) is 0 Å². The van der Waals surface area contributed by atoms with E-state index in [0.717, 1.165) is 18.8 Å². The molecule has 0 saturated carbocycles. The molecule has 0 aromatic carbocycles. The maximum absolute atomic E-state index is 11.7. The van der Waals surface area contributed by atoms with Gasteiger partial charge in [0, 0.05) is 6.42 Å². The van der Waals surface area contributed by atoms with Crippen molar-refractivity contribution in [3.63, 3.8) is 0 Å². The van der Waals surface area contributed by atoms with Crippen LogP contribution in [-0.4, -0.2) is 12.6 Å². The van der Waals surface area contributed by atoms with Crippen molar-refractivity contribution >= 4 is 5.97 Å². The Morgan fingerprint density at radius 1 is 0.654 bits per heavy atom. The molecule has 26 heavy (non-hydrogen) atoms. The van der Waals surface area contributed by atoms with Crippen LogP contribution in [-0.2, 0) is 9.53 Å². The third kappa shape index (κ3) is 21.5. The molecule has 156 valence electrons. The smallest absolute Gasteiger partial charge is 0.305 e. The van der Waals surface area contributed by atoms with Gasteiger partial charge in [0.2, 0.25) is 0 Å². The molecule has 0 aromatic heterocycles. The van der Waals surface area contributed by atoms with Gasteiger partial charge >= 0.3 is 5.97 Å². The molecule has 2 nitrogen and oxygen atoms in total. The van der Waals surface area contributed by atoms with Gasteiger partial charge in [-0.15, -0.1) is 0 Å². The molecule has 0 heterocycles. The van der Waals surface area contributed by atoms with Crippen LogP contribution in [0.25, 0.3) is 0 Å². The third-order valence-electron chi connectivity index (χ3n) is 5.17. The predicted molar refractivity (Wildman–Crippen MR) is 115 cm³/mol. The van der Waals surface area contributed by atoms with Crippen LogP contribution in [0.5, 0.6) is 0 Å². The summed E-state index contributed by atoms with van der Waals surface area (Å²) < 4.78 is 5.33. The minimum Gasteiger partial charge on any atom is -0.466 e. The van der Waals surface area contributed by atoms with Crippen LogP contribution in [0, 0.1) is 5.92 Å². The van der Waals surface area contributed by atoms with E-state index in [1.165, 1.54) is 96.3 Å². The van der Waals surface area contributed by atoms with Gasteiger partial charge in [0.25, 0.3) is 0 Å². The van der Waals surface area contributed by atoms with E-state index in [1.54, 1.807) is 0 Å². The molecule has 0 aromatic rings. The first-order valence-electron chi connectivity index (χ1n) is 11.8. The zero-order valence-electron chi connectivity index (χ0n) is 18.3. The van der Waals surface area contributed by atoms with Crippen LogP contribution in [0.3, 0.4) is 0 Å². The molecule has 2 heteroatoms. The normalized spacial score (nSPS) is 11.2. The number of carbonyl (C=O) groups is 1. The number of rotatable bonds is 20. The fourth-order valence-corrected chi connectivity index (χ4v) is 3.38. The van der Waals surface area contributed by atoms with E-state index in [4.69, 9.17) is 4.74 Å². The van der Waals surface area contributed by atoms with E-state index in [1.807, 2.05) is 0 Å². The van der Waals surface area contributed by atoms with Crippen molar-refractivity contribution < 1.29 is 9.53 Å². The standard InChI is InChI=1S/C24H48O2/c1-4-5-6-7-13-16-19-22-26-24(25)21-18-15-12-10-8-9-11-14-17-20-23(2)3/h23H,4-22H2,1-3H3. The Labute approximate surface area is 164 Å². The van der Waals surface area contributed by atoms with Gasteiger partial charge in [0.1, 0.15) is 0 Å². The first-order valence-corrected chi connectivity index (χ1v) is 11.8. The van der Waals surface area contributed by atoms with Crippen molar-refractivity contribution in [2.75, 3.05) is 6.61 Å². The average Bonchev–Trinajstić information content (AvgIpc) is 2.61. The molecule has 0 bridgehead atoms. The number of hydrogen-bond acceptors (Lipinski definition) is 2. The Kier molecular flexibility index (Phi) is 20.4. The van der Waals surface area contributed by atoms with Crippen LogP contribution in [0.15, 0.2) is 0 Å². The molecular weight excluding hydrogens is 320 g/mol. The summed E-state index contributed by atoms with van der Waals surface area (Å²) in [6, 6.07) is 0. The molecule has 0 atom stereocenters. The van der Waals surface area contributed by atoms with Crippen LogP contribution in [0.1, 0.15) is 136 Å². The Hall–Kier alpha value is -0.530. The first-order chi connectivity index (χ1) is 12.7. The van der Waals surface area contributed by atoms with Crippen molar-refractivity contribution in [2.45, 2.75) is 136 Å². The quantitative estimate of drug-likeness (QED) is 0.160. The zero-order valence-corrected chi connectivity index (χ0v) is 18.3. The van der Waals surface area contributed by atoms with E-state index in [9.17, 15) is 4.79 Å². The fourth-order valence-electron chi connectivity index (χ4n) is 3.38. The molecule has 0 aliphatic heterocycles.